The van der Waals surface area contributed by atoms with Gasteiger partial charge in [-0.1, -0.05) is 13.8 Å². The molecule has 1 fully saturated rings. The van der Waals surface area contributed by atoms with Gasteiger partial charge < -0.3 is 5.32 Å². The molecule has 0 aliphatic carbocycles. The Labute approximate surface area is 89.8 Å². The van der Waals surface area contributed by atoms with Crippen LogP contribution in [-0.4, -0.2) is 18.1 Å². The molecular weight excluding hydrogens is 192 g/mol. The van der Waals surface area contributed by atoms with E-state index in [-0.39, 0.29) is 0 Å². The molecule has 1 aromatic heterocycles. The van der Waals surface area contributed by atoms with Crippen molar-refractivity contribution in [2.75, 3.05) is 13.1 Å². The highest BCUT2D eigenvalue weighted by atomic mass is 32.1. The van der Waals surface area contributed by atoms with E-state index in [4.69, 9.17) is 0 Å². The van der Waals surface area contributed by atoms with E-state index >= 15 is 0 Å². The Bertz CT molecular complexity index is 269. The zero-order valence-electron chi connectivity index (χ0n) is 8.86. The molecule has 2 unspecified atom stereocenters. The second-order valence-corrected chi connectivity index (χ2v) is 5.14. The van der Waals surface area contributed by atoms with Gasteiger partial charge in [0, 0.05) is 11.3 Å². The lowest BCUT2D eigenvalue weighted by Gasteiger charge is -2.33. The van der Waals surface area contributed by atoms with Gasteiger partial charge in [-0.15, -0.1) is 11.3 Å². The van der Waals surface area contributed by atoms with Crippen LogP contribution in [0, 0.1) is 11.8 Å². The summed E-state index contributed by atoms with van der Waals surface area (Å²) in [4.78, 5) is 4.46. The average Bonchev–Trinajstić information content (AvgIpc) is 2.70. The largest absolute Gasteiger partial charge is 0.316 e. The van der Waals surface area contributed by atoms with Gasteiger partial charge in [0.05, 0.1) is 11.2 Å². The lowest BCUT2D eigenvalue weighted by Crippen LogP contribution is -2.38. The smallest absolute Gasteiger partial charge is 0.0794 e. The molecule has 0 aromatic carbocycles. The molecule has 78 valence electrons. The van der Waals surface area contributed by atoms with Gasteiger partial charge in [-0.2, -0.15) is 0 Å². The van der Waals surface area contributed by atoms with Crippen molar-refractivity contribution < 1.29 is 0 Å². The van der Waals surface area contributed by atoms with E-state index in [1.54, 1.807) is 11.3 Å². The number of nitrogens with one attached hydrogen (secondary N) is 1. The lowest BCUT2D eigenvalue weighted by molar-refractivity contribution is 0.252. The van der Waals surface area contributed by atoms with Crippen LogP contribution in [0.1, 0.15) is 31.9 Å². The van der Waals surface area contributed by atoms with Crippen molar-refractivity contribution in [1.82, 2.24) is 10.3 Å². The summed E-state index contributed by atoms with van der Waals surface area (Å²) >= 11 is 1.72. The molecule has 1 N–H and O–H groups in total. The maximum Gasteiger partial charge on any atom is 0.0794 e. The molecule has 1 aliphatic heterocycles. The molecule has 2 atom stereocenters. The number of rotatable bonds is 2. The highest BCUT2D eigenvalue weighted by molar-refractivity contribution is 7.07. The maximum absolute atomic E-state index is 4.46. The molecule has 0 saturated carbocycles. The molecule has 1 aliphatic rings. The Morgan fingerprint density at radius 3 is 3.07 bits per heavy atom. The van der Waals surface area contributed by atoms with Crippen LogP contribution in [0.2, 0.25) is 0 Å². The van der Waals surface area contributed by atoms with Crippen molar-refractivity contribution in [2.24, 2.45) is 11.8 Å². The lowest BCUT2D eigenvalue weighted by atomic mass is 9.78. The summed E-state index contributed by atoms with van der Waals surface area (Å²) < 4.78 is 0. The van der Waals surface area contributed by atoms with Gasteiger partial charge in [0.15, 0.2) is 0 Å². The fraction of sp³-hybridized carbons (Fsp3) is 0.727. The van der Waals surface area contributed by atoms with Crippen LogP contribution in [-0.2, 0) is 0 Å². The summed E-state index contributed by atoms with van der Waals surface area (Å²) in [5.74, 6) is 2.18. The van der Waals surface area contributed by atoms with E-state index in [1.165, 1.54) is 12.1 Å². The normalized spacial score (nSPS) is 28.2. The number of nitrogens with zero attached hydrogens (tertiary/aromatic N) is 1. The molecule has 1 saturated heterocycles. The van der Waals surface area contributed by atoms with Gasteiger partial charge in [-0.3, -0.25) is 0 Å². The highest BCUT2D eigenvalue weighted by Gasteiger charge is 2.29. The molecule has 14 heavy (non-hydrogen) atoms. The van der Waals surface area contributed by atoms with Crippen molar-refractivity contribution >= 4 is 11.3 Å². The summed E-state index contributed by atoms with van der Waals surface area (Å²) in [6.45, 7) is 6.93. The van der Waals surface area contributed by atoms with Crippen LogP contribution < -0.4 is 5.32 Å². The summed E-state index contributed by atoms with van der Waals surface area (Å²) in [7, 11) is 0. The van der Waals surface area contributed by atoms with E-state index in [0.29, 0.717) is 5.92 Å². The summed E-state index contributed by atoms with van der Waals surface area (Å²) in [6.07, 6.45) is 1.24. The number of hydrogen-bond acceptors (Lipinski definition) is 3. The SMILES string of the molecule is CC(C)C1CNCCC1c1cscn1. The Morgan fingerprint density at radius 2 is 2.43 bits per heavy atom. The topological polar surface area (TPSA) is 24.9 Å². The van der Waals surface area contributed by atoms with Gasteiger partial charge in [0.25, 0.3) is 0 Å². The minimum Gasteiger partial charge on any atom is -0.316 e. The molecule has 3 heteroatoms. The molecule has 2 rings (SSSR count). The highest BCUT2D eigenvalue weighted by Crippen LogP contribution is 2.34. The number of hydrogen-bond donors (Lipinski definition) is 1. The van der Waals surface area contributed by atoms with Crippen molar-refractivity contribution in [1.29, 1.82) is 0 Å². The van der Waals surface area contributed by atoms with E-state index < -0.39 is 0 Å². The maximum atomic E-state index is 4.46. The van der Waals surface area contributed by atoms with E-state index in [2.05, 4.69) is 29.5 Å². The fourth-order valence-electron chi connectivity index (χ4n) is 2.36. The van der Waals surface area contributed by atoms with E-state index in [9.17, 15) is 0 Å². The third kappa shape index (κ3) is 1.98. The summed E-state index contributed by atoms with van der Waals surface area (Å²) in [6, 6.07) is 0. The van der Waals surface area contributed by atoms with Gasteiger partial charge in [-0.25, -0.2) is 4.98 Å². The molecule has 2 nitrogen and oxygen atoms in total. The number of aromatic nitrogens is 1. The van der Waals surface area contributed by atoms with Gasteiger partial charge >= 0.3 is 0 Å². The minimum atomic E-state index is 0.683. The number of thiazole rings is 1. The first-order valence-electron chi connectivity index (χ1n) is 5.38. The second kappa shape index (κ2) is 4.41. The van der Waals surface area contributed by atoms with Crippen LogP contribution in [0.4, 0.5) is 0 Å². The summed E-state index contributed by atoms with van der Waals surface area (Å²) in [5, 5.41) is 5.70. The third-order valence-electron chi connectivity index (χ3n) is 3.22. The van der Waals surface area contributed by atoms with Gasteiger partial charge in [0.2, 0.25) is 0 Å². The Kier molecular flexibility index (Phi) is 3.19. The zero-order valence-corrected chi connectivity index (χ0v) is 9.68. The molecule has 0 bridgehead atoms. The van der Waals surface area contributed by atoms with Crippen LogP contribution >= 0.6 is 11.3 Å². The standard InChI is InChI=1S/C11H18N2S/c1-8(2)10-5-12-4-3-9(10)11-6-14-7-13-11/h6-10,12H,3-5H2,1-2H3. The molecule has 1 aromatic rings. The average molecular weight is 210 g/mol. The Balaban J connectivity index is 2.14. The molecule has 0 radical (unpaired) electrons. The predicted molar refractivity (Wildman–Crippen MR) is 60.7 cm³/mol. The molecule has 0 amide bonds. The van der Waals surface area contributed by atoms with Crippen LogP contribution in [0.25, 0.3) is 0 Å². The van der Waals surface area contributed by atoms with Gasteiger partial charge in [0.1, 0.15) is 0 Å². The first-order chi connectivity index (χ1) is 6.79. The van der Waals surface area contributed by atoms with Crippen molar-refractivity contribution in [2.45, 2.75) is 26.2 Å². The van der Waals surface area contributed by atoms with Crippen molar-refractivity contribution in [3.05, 3.63) is 16.6 Å². The van der Waals surface area contributed by atoms with E-state index in [0.717, 1.165) is 24.9 Å². The monoisotopic (exact) mass is 210 g/mol. The van der Waals surface area contributed by atoms with Gasteiger partial charge in [-0.05, 0) is 31.3 Å². The molecular formula is C11H18N2S. The second-order valence-electron chi connectivity index (χ2n) is 4.42. The molecule has 2 heterocycles. The predicted octanol–water partition coefficient (Wildman–Crippen LogP) is 2.49. The zero-order chi connectivity index (χ0) is 9.97. The van der Waals surface area contributed by atoms with Crippen LogP contribution in [0.3, 0.4) is 0 Å². The van der Waals surface area contributed by atoms with Crippen molar-refractivity contribution in [3.63, 3.8) is 0 Å². The van der Waals surface area contributed by atoms with Crippen LogP contribution in [0.15, 0.2) is 10.9 Å². The first-order valence-corrected chi connectivity index (χ1v) is 6.32. The van der Waals surface area contributed by atoms with Crippen molar-refractivity contribution in [3.8, 4) is 0 Å². The third-order valence-corrected chi connectivity index (χ3v) is 3.82. The Morgan fingerprint density at radius 1 is 1.57 bits per heavy atom. The summed E-state index contributed by atoms with van der Waals surface area (Å²) in [5.41, 5.74) is 3.27. The molecule has 0 spiro atoms. The fourth-order valence-corrected chi connectivity index (χ4v) is 2.97. The minimum absolute atomic E-state index is 0.683. The number of piperidine rings is 1. The Hall–Kier alpha value is -0.410. The first kappa shape index (κ1) is 10.1. The van der Waals surface area contributed by atoms with Crippen LogP contribution in [0.5, 0.6) is 0 Å². The quantitative estimate of drug-likeness (QED) is 0.811. The van der Waals surface area contributed by atoms with E-state index in [1.807, 2.05) is 5.51 Å².